The highest BCUT2D eigenvalue weighted by Gasteiger charge is 2.24. The number of nitrogens with zero attached hydrogens (tertiary/aromatic N) is 4. The van der Waals surface area contributed by atoms with Crippen molar-refractivity contribution in [3.8, 4) is 0 Å². The summed E-state index contributed by atoms with van der Waals surface area (Å²) in [5.74, 6) is 2.35. The van der Waals surface area contributed by atoms with Crippen LogP contribution in [0.15, 0.2) is 24.3 Å². The number of halogens is 1. The zero-order valence-electron chi connectivity index (χ0n) is 19.9. The number of piperazine rings is 1. The third kappa shape index (κ3) is 7.14. The largest absolute Gasteiger partial charge is 0.389 e. The van der Waals surface area contributed by atoms with Crippen LogP contribution in [0.5, 0.6) is 0 Å². The van der Waals surface area contributed by atoms with Gasteiger partial charge in [-0.3, -0.25) is 4.90 Å². The van der Waals surface area contributed by atoms with E-state index in [2.05, 4.69) is 42.7 Å². The predicted molar refractivity (Wildman–Crippen MR) is 131 cm³/mol. The topological polar surface area (TPSA) is 61.7 Å². The van der Waals surface area contributed by atoms with E-state index in [1.165, 1.54) is 11.1 Å². The second kappa shape index (κ2) is 11.9. The standard InChI is InChI=1S/C25H37ClN4O2/c1-5-24-23(14-20-6-8-21(26)9-7-20)25(28-19(4)27-24)30-12-10-29(11-13-30)15-22(31)17-32-16-18(2)3/h6-9,18,22,31H,5,10-17H2,1-4H3. The first-order valence-electron chi connectivity index (χ1n) is 11.7. The van der Waals surface area contributed by atoms with Crippen LogP contribution in [0.1, 0.15) is 43.4 Å². The molecule has 0 radical (unpaired) electrons. The Hall–Kier alpha value is -1.73. The molecule has 0 saturated carbocycles. The zero-order valence-corrected chi connectivity index (χ0v) is 20.6. The number of ether oxygens (including phenoxy) is 1. The minimum atomic E-state index is -0.450. The van der Waals surface area contributed by atoms with Crippen LogP contribution in [0, 0.1) is 12.8 Å². The van der Waals surface area contributed by atoms with E-state index in [1.807, 2.05) is 19.1 Å². The van der Waals surface area contributed by atoms with Gasteiger partial charge in [0.2, 0.25) is 0 Å². The Balaban J connectivity index is 1.66. The lowest BCUT2D eigenvalue weighted by Gasteiger charge is -2.37. The van der Waals surface area contributed by atoms with Crippen molar-refractivity contribution in [2.75, 3.05) is 50.8 Å². The van der Waals surface area contributed by atoms with Crippen molar-refractivity contribution in [3.05, 3.63) is 51.9 Å². The van der Waals surface area contributed by atoms with Crippen molar-refractivity contribution >= 4 is 17.4 Å². The van der Waals surface area contributed by atoms with E-state index in [1.54, 1.807) is 0 Å². The average Bonchev–Trinajstić information content (AvgIpc) is 2.76. The number of anilines is 1. The molecular weight excluding hydrogens is 424 g/mol. The van der Waals surface area contributed by atoms with Crippen molar-refractivity contribution in [1.82, 2.24) is 14.9 Å². The van der Waals surface area contributed by atoms with Gasteiger partial charge < -0.3 is 14.7 Å². The first kappa shape index (κ1) is 24.9. The maximum absolute atomic E-state index is 10.3. The second-order valence-corrected chi connectivity index (χ2v) is 9.49. The van der Waals surface area contributed by atoms with Crippen molar-refractivity contribution in [3.63, 3.8) is 0 Å². The Morgan fingerprint density at radius 1 is 1.06 bits per heavy atom. The van der Waals surface area contributed by atoms with E-state index >= 15 is 0 Å². The van der Waals surface area contributed by atoms with Gasteiger partial charge in [-0.15, -0.1) is 0 Å². The highest BCUT2D eigenvalue weighted by atomic mass is 35.5. The third-order valence-corrected chi connectivity index (χ3v) is 5.97. The van der Waals surface area contributed by atoms with E-state index in [-0.39, 0.29) is 0 Å². The van der Waals surface area contributed by atoms with Gasteiger partial charge >= 0.3 is 0 Å². The molecule has 1 aliphatic rings. The third-order valence-electron chi connectivity index (χ3n) is 5.71. The number of benzene rings is 1. The van der Waals surface area contributed by atoms with Crippen LogP contribution >= 0.6 is 11.6 Å². The zero-order chi connectivity index (χ0) is 23.1. The maximum Gasteiger partial charge on any atom is 0.136 e. The Kier molecular flexibility index (Phi) is 9.29. The highest BCUT2D eigenvalue weighted by Crippen LogP contribution is 2.26. The summed E-state index contributed by atoms with van der Waals surface area (Å²) < 4.78 is 5.59. The van der Waals surface area contributed by atoms with Gasteiger partial charge in [0.15, 0.2) is 0 Å². The summed E-state index contributed by atoms with van der Waals surface area (Å²) in [4.78, 5) is 14.3. The van der Waals surface area contributed by atoms with Crippen LogP contribution in [-0.4, -0.2) is 72.0 Å². The van der Waals surface area contributed by atoms with Gasteiger partial charge in [-0.05, 0) is 37.0 Å². The van der Waals surface area contributed by atoms with Crippen molar-refractivity contribution in [2.24, 2.45) is 5.92 Å². The van der Waals surface area contributed by atoms with Gasteiger partial charge in [0.1, 0.15) is 11.6 Å². The Morgan fingerprint density at radius 3 is 2.38 bits per heavy atom. The first-order valence-corrected chi connectivity index (χ1v) is 12.1. The molecule has 1 aliphatic heterocycles. The summed E-state index contributed by atoms with van der Waals surface area (Å²) in [5, 5.41) is 11.1. The fourth-order valence-electron chi connectivity index (χ4n) is 4.11. The number of hydrogen-bond acceptors (Lipinski definition) is 6. The molecule has 6 nitrogen and oxygen atoms in total. The maximum atomic E-state index is 10.3. The van der Waals surface area contributed by atoms with Crippen molar-refractivity contribution < 1.29 is 9.84 Å². The SMILES string of the molecule is CCc1nc(C)nc(N2CCN(CC(O)COCC(C)C)CC2)c1Cc1ccc(Cl)cc1. The second-order valence-electron chi connectivity index (χ2n) is 9.05. The minimum Gasteiger partial charge on any atom is -0.389 e. The number of aromatic nitrogens is 2. The lowest BCUT2D eigenvalue weighted by Crippen LogP contribution is -2.49. The summed E-state index contributed by atoms with van der Waals surface area (Å²) >= 11 is 6.08. The Morgan fingerprint density at radius 2 is 1.75 bits per heavy atom. The molecule has 0 spiro atoms. The molecular formula is C25H37ClN4O2. The summed E-state index contributed by atoms with van der Waals surface area (Å²) in [5.41, 5.74) is 3.53. The molecule has 0 aliphatic carbocycles. The van der Waals surface area contributed by atoms with Crippen molar-refractivity contribution in [1.29, 1.82) is 0 Å². The molecule has 3 rings (SSSR count). The summed E-state index contributed by atoms with van der Waals surface area (Å²) in [7, 11) is 0. The smallest absolute Gasteiger partial charge is 0.136 e. The normalized spacial score (nSPS) is 16.0. The minimum absolute atomic E-state index is 0.397. The van der Waals surface area contributed by atoms with Crippen LogP contribution in [0.25, 0.3) is 0 Å². The fourth-order valence-corrected chi connectivity index (χ4v) is 4.24. The van der Waals surface area contributed by atoms with Crippen LogP contribution < -0.4 is 4.90 Å². The summed E-state index contributed by atoms with van der Waals surface area (Å²) in [6.07, 6.45) is 1.22. The van der Waals surface area contributed by atoms with E-state index < -0.39 is 6.10 Å². The number of aliphatic hydroxyl groups is 1. The molecule has 1 unspecified atom stereocenters. The van der Waals surface area contributed by atoms with Gasteiger partial charge in [-0.2, -0.15) is 0 Å². The highest BCUT2D eigenvalue weighted by molar-refractivity contribution is 6.30. The Labute approximate surface area is 197 Å². The molecule has 1 aromatic heterocycles. The monoisotopic (exact) mass is 460 g/mol. The lowest BCUT2D eigenvalue weighted by atomic mass is 10.0. The average molecular weight is 461 g/mol. The van der Waals surface area contributed by atoms with Crippen LogP contribution in [0.2, 0.25) is 5.02 Å². The molecule has 1 atom stereocenters. The van der Waals surface area contributed by atoms with Gasteiger partial charge in [0.05, 0.1) is 12.7 Å². The van der Waals surface area contributed by atoms with E-state index in [4.69, 9.17) is 26.3 Å². The van der Waals surface area contributed by atoms with Gasteiger partial charge in [-0.1, -0.05) is 44.5 Å². The molecule has 1 saturated heterocycles. The molecule has 0 bridgehead atoms. The molecule has 32 heavy (non-hydrogen) atoms. The molecule has 0 amide bonds. The van der Waals surface area contributed by atoms with E-state index in [0.29, 0.717) is 25.7 Å². The summed E-state index contributed by atoms with van der Waals surface area (Å²) in [6.45, 7) is 13.6. The molecule has 1 fully saturated rings. The first-order chi connectivity index (χ1) is 15.4. The van der Waals surface area contributed by atoms with Crippen molar-refractivity contribution in [2.45, 2.75) is 46.6 Å². The fraction of sp³-hybridized carbons (Fsp3) is 0.600. The van der Waals surface area contributed by atoms with Gasteiger partial charge in [0, 0.05) is 62.0 Å². The summed E-state index contributed by atoms with van der Waals surface area (Å²) in [6, 6.07) is 8.02. The van der Waals surface area contributed by atoms with Gasteiger partial charge in [0.25, 0.3) is 0 Å². The van der Waals surface area contributed by atoms with Crippen LogP contribution in [0.3, 0.4) is 0 Å². The van der Waals surface area contributed by atoms with Crippen LogP contribution in [0.4, 0.5) is 5.82 Å². The number of rotatable bonds is 10. The number of aliphatic hydroxyl groups excluding tert-OH is 1. The van der Waals surface area contributed by atoms with E-state index in [9.17, 15) is 5.11 Å². The molecule has 7 heteroatoms. The molecule has 2 aromatic rings. The Bertz CT molecular complexity index is 852. The molecule has 2 heterocycles. The lowest BCUT2D eigenvalue weighted by molar-refractivity contribution is 0.00745. The quantitative estimate of drug-likeness (QED) is 0.582. The van der Waals surface area contributed by atoms with Gasteiger partial charge in [-0.25, -0.2) is 9.97 Å². The number of hydrogen-bond donors (Lipinski definition) is 1. The number of β-amino-alcohol motifs (C(OH)–C–C–N with tert-alkyl or cyclic N) is 1. The number of aryl methyl sites for hydroxylation is 2. The predicted octanol–water partition coefficient (Wildman–Crippen LogP) is 3.75. The van der Waals surface area contributed by atoms with E-state index in [0.717, 1.165) is 61.4 Å². The molecule has 1 N–H and O–H groups in total. The molecule has 1 aromatic carbocycles. The molecule has 176 valence electrons. The van der Waals surface area contributed by atoms with Crippen LogP contribution in [-0.2, 0) is 17.6 Å².